The summed E-state index contributed by atoms with van der Waals surface area (Å²) in [4.78, 5) is 10.5. The summed E-state index contributed by atoms with van der Waals surface area (Å²) in [6.45, 7) is 3.20. The molecule has 0 aliphatic rings. The highest BCUT2D eigenvalue weighted by Gasteiger charge is 2.29. The number of carboxylic acids is 1. The predicted octanol–water partition coefficient (Wildman–Crippen LogP) is 2.35. The molecule has 0 aliphatic heterocycles. The highest BCUT2D eigenvalue weighted by atomic mass is 35.5. The first-order valence-corrected chi connectivity index (χ1v) is 7.70. The van der Waals surface area contributed by atoms with Crippen molar-refractivity contribution in [1.82, 2.24) is 4.31 Å². The molecule has 20 heavy (non-hydrogen) atoms. The number of rotatable bonds is 6. The van der Waals surface area contributed by atoms with Crippen LogP contribution in [0.3, 0.4) is 0 Å². The van der Waals surface area contributed by atoms with E-state index in [4.69, 9.17) is 16.7 Å². The molecule has 1 N–H and O–H groups in total. The Kier molecular flexibility index (Phi) is 5.50. The maximum atomic E-state index is 13.1. The molecule has 0 amide bonds. The molecule has 0 radical (unpaired) electrons. The molecule has 0 heterocycles. The van der Waals surface area contributed by atoms with E-state index < -0.39 is 27.9 Å². The minimum Gasteiger partial charge on any atom is -0.481 e. The quantitative estimate of drug-likeness (QED) is 0.872. The molecule has 112 valence electrons. The summed E-state index contributed by atoms with van der Waals surface area (Å²) >= 11 is 5.58. The molecule has 1 aromatic carbocycles. The van der Waals surface area contributed by atoms with Crippen molar-refractivity contribution in [2.45, 2.75) is 31.2 Å². The number of nitrogens with zero attached hydrogens (tertiary/aromatic N) is 1. The molecule has 0 saturated carbocycles. The van der Waals surface area contributed by atoms with Gasteiger partial charge in [0.2, 0.25) is 10.0 Å². The van der Waals surface area contributed by atoms with Crippen molar-refractivity contribution in [1.29, 1.82) is 0 Å². The predicted molar refractivity (Wildman–Crippen MR) is 72.7 cm³/mol. The summed E-state index contributed by atoms with van der Waals surface area (Å²) in [6.07, 6.45) is -0.317. The van der Waals surface area contributed by atoms with Gasteiger partial charge in [-0.3, -0.25) is 4.79 Å². The van der Waals surface area contributed by atoms with E-state index in [2.05, 4.69) is 0 Å². The van der Waals surface area contributed by atoms with Crippen LogP contribution < -0.4 is 0 Å². The van der Waals surface area contributed by atoms with Gasteiger partial charge in [-0.05, 0) is 25.1 Å². The van der Waals surface area contributed by atoms with Crippen molar-refractivity contribution < 1.29 is 22.7 Å². The Balaban J connectivity index is 3.17. The fraction of sp³-hybridized carbons (Fsp3) is 0.417. The van der Waals surface area contributed by atoms with E-state index in [0.717, 1.165) is 22.5 Å². The number of aliphatic carboxylic acids is 1. The van der Waals surface area contributed by atoms with Crippen molar-refractivity contribution in [2.75, 3.05) is 6.54 Å². The van der Waals surface area contributed by atoms with Crippen LogP contribution in [0.2, 0.25) is 5.02 Å². The van der Waals surface area contributed by atoms with Gasteiger partial charge in [-0.25, -0.2) is 12.8 Å². The summed E-state index contributed by atoms with van der Waals surface area (Å²) in [5.74, 6) is -1.81. The first-order chi connectivity index (χ1) is 9.20. The first kappa shape index (κ1) is 16.9. The van der Waals surface area contributed by atoms with Crippen LogP contribution >= 0.6 is 11.6 Å². The zero-order chi connectivity index (χ0) is 15.5. The third-order valence-electron chi connectivity index (χ3n) is 2.77. The molecule has 0 aromatic heterocycles. The molecule has 1 rings (SSSR count). The molecular weight excluding hydrogens is 309 g/mol. The Hall–Kier alpha value is -1.18. The van der Waals surface area contributed by atoms with Gasteiger partial charge in [0.1, 0.15) is 5.82 Å². The molecule has 0 saturated heterocycles. The van der Waals surface area contributed by atoms with Crippen molar-refractivity contribution in [3.63, 3.8) is 0 Å². The smallest absolute Gasteiger partial charge is 0.304 e. The van der Waals surface area contributed by atoms with Crippen LogP contribution in [-0.4, -0.2) is 36.4 Å². The molecule has 0 aliphatic carbocycles. The number of carboxylic acid groups (broad SMARTS) is 1. The van der Waals surface area contributed by atoms with Crippen molar-refractivity contribution in [3.05, 3.63) is 29.0 Å². The van der Waals surface area contributed by atoms with E-state index in [-0.39, 0.29) is 22.9 Å². The van der Waals surface area contributed by atoms with Crippen LogP contribution in [0.25, 0.3) is 0 Å². The lowest BCUT2D eigenvalue weighted by Gasteiger charge is -2.26. The van der Waals surface area contributed by atoms with E-state index >= 15 is 0 Å². The number of carbonyl (C=O) groups is 1. The highest BCUT2D eigenvalue weighted by molar-refractivity contribution is 7.89. The topological polar surface area (TPSA) is 74.7 Å². The lowest BCUT2D eigenvalue weighted by atomic mass is 10.2. The van der Waals surface area contributed by atoms with Crippen LogP contribution in [0.15, 0.2) is 23.1 Å². The fourth-order valence-corrected chi connectivity index (χ4v) is 3.76. The van der Waals surface area contributed by atoms with Gasteiger partial charge in [0.15, 0.2) is 0 Å². The van der Waals surface area contributed by atoms with Crippen molar-refractivity contribution >= 4 is 27.6 Å². The summed E-state index contributed by atoms with van der Waals surface area (Å²) in [6, 6.07) is 2.37. The lowest BCUT2D eigenvalue weighted by Crippen LogP contribution is -2.39. The second-order valence-electron chi connectivity index (χ2n) is 4.23. The van der Waals surface area contributed by atoms with E-state index in [0.29, 0.717) is 0 Å². The van der Waals surface area contributed by atoms with Crippen LogP contribution in [0, 0.1) is 5.82 Å². The first-order valence-electron chi connectivity index (χ1n) is 5.88. The standard InChI is InChI=1S/C12H15ClFNO4S/c1-3-15(8(2)6-12(16)17)20(18,19)9-4-5-11(14)10(13)7-9/h4-5,7-8H,3,6H2,1-2H3,(H,16,17). The van der Waals surface area contributed by atoms with Crippen molar-refractivity contribution in [3.8, 4) is 0 Å². The average Bonchev–Trinajstić information content (AvgIpc) is 2.31. The summed E-state index contributed by atoms with van der Waals surface area (Å²) < 4.78 is 38.9. The molecule has 1 atom stereocenters. The Morgan fingerprint density at radius 1 is 1.50 bits per heavy atom. The number of sulfonamides is 1. The van der Waals surface area contributed by atoms with Gasteiger partial charge in [-0.2, -0.15) is 4.31 Å². The molecule has 8 heteroatoms. The maximum absolute atomic E-state index is 13.1. The largest absolute Gasteiger partial charge is 0.481 e. The lowest BCUT2D eigenvalue weighted by molar-refractivity contribution is -0.137. The number of benzene rings is 1. The highest BCUT2D eigenvalue weighted by Crippen LogP contribution is 2.24. The molecule has 1 unspecified atom stereocenters. The zero-order valence-corrected chi connectivity index (χ0v) is 12.6. The Morgan fingerprint density at radius 3 is 2.55 bits per heavy atom. The third kappa shape index (κ3) is 3.68. The molecule has 1 aromatic rings. The van der Waals surface area contributed by atoms with Crippen molar-refractivity contribution in [2.24, 2.45) is 0 Å². The van der Waals surface area contributed by atoms with E-state index in [1.54, 1.807) is 6.92 Å². The van der Waals surface area contributed by atoms with Crippen LogP contribution in [0.1, 0.15) is 20.3 Å². The van der Waals surface area contributed by atoms with Crippen LogP contribution in [0.4, 0.5) is 4.39 Å². The molecule has 0 bridgehead atoms. The van der Waals surface area contributed by atoms with Gasteiger partial charge >= 0.3 is 5.97 Å². The van der Waals surface area contributed by atoms with Gasteiger partial charge < -0.3 is 5.11 Å². The number of hydrogen-bond donors (Lipinski definition) is 1. The number of hydrogen-bond acceptors (Lipinski definition) is 3. The van der Waals surface area contributed by atoms with Gasteiger partial charge in [-0.15, -0.1) is 0 Å². The second-order valence-corrected chi connectivity index (χ2v) is 6.53. The normalized spacial score (nSPS) is 13.4. The van der Waals surface area contributed by atoms with Gasteiger partial charge in [-0.1, -0.05) is 18.5 Å². The van der Waals surface area contributed by atoms with Gasteiger partial charge in [0, 0.05) is 12.6 Å². The van der Waals surface area contributed by atoms with Crippen LogP contribution in [-0.2, 0) is 14.8 Å². The Labute approximate surface area is 122 Å². The minimum absolute atomic E-state index is 0.103. The Morgan fingerprint density at radius 2 is 2.10 bits per heavy atom. The summed E-state index contributed by atoms with van der Waals surface area (Å²) in [5, 5.41) is 8.45. The third-order valence-corrected chi connectivity index (χ3v) is 5.15. The summed E-state index contributed by atoms with van der Waals surface area (Å²) in [7, 11) is -3.92. The van der Waals surface area contributed by atoms with Gasteiger partial charge in [0.05, 0.1) is 16.3 Å². The van der Waals surface area contributed by atoms with E-state index in [1.807, 2.05) is 0 Å². The Bertz CT molecular complexity index is 605. The minimum atomic E-state index is -3.92. The molecule has 0 fully saturated rings. The molecular formula is C12H15ClFNO4S. The monoisotopic (exact) mass is 323 g/mol. The zero-order valence-electron chi connectivity index (χ0n) is 11.0. The van der Waals surface area contributed by atoms with Gasteiger partial charge in [0.25, 0.3) is 0 Å². The SMILES string of the molecule is CCN(C(C)CC(=O)O)S(=O)(=O)c1ccc(F)c(Cl)c1. The second kappa shape index (κ2) is 6.51. The fourth-order valence-electron chi connectivity index (χ4n) is 1.85. The van der Waals surface area contributed by atoms with E-state index in [9.17, 15) is 17.6 Å². The van der Waals surface area contributed by atoms with E-state index in [1.165, 1.54) is 6.92 Å². The summed E-state index contributed by atoms with van der Waals surface area (Å²) in [5.41, 5.74) is 0. The number of halogens is 2. The van der Waals surface area contributed by atoms with Crippen LogP contribution in [0.5, 0.6) is 0 Å². The maximum Gasteiger partial charge on any atom is 0.304 e. The molecule has 0 spiro atoms. The average molecular weight is 324 g/mol. The molecule has 5 nitrogen and oxygen atoms in total.